The van der Waals surface area contributed by atoms with Crippen LogP contribution < -0.4 is 14.8 Å². The van der Waals surface area contributed by atoms with Crippen molar-refractivity contribution in [2.45, 2.75) is 0 Å². The fourth-order valence-corrected chi connectivity index (χ4v) is 2.55. The third-order valence-electron chi connectivity index (χ3n) is 3.49. The van der Waals surface area contributed by atoms with Gasteiger partial charge in [-0.2, -0.15) is 0 Å². The van der Waals surface area contributed by atoms with Crippen molar-refractivity contribution in [3.8, 4) is 23.0 Å². The summed E-state index contributed by atoms with van der Waals surface area (Å²) in [5, 5.41) is 10.9. The molecule has 0 aliphatic carbocycles. The van der Waals surface area contributed by atoms with Gasteiger partial charge in [0.05, 0.1) is 0 Å². The molecule has 1 N–H and O–H groups in total. The normalized spacial score (nSPS) is 12.7. The number of amides is 1. The van der Waals surface area contributed by atoms with Crippen LogP contribution in [0.4, 0.5) is 5.69 Å². The molecule has 0 radical (unpaired) electrons. The number of nitrogens with zero attached hydrogens (tertiary/aromatic N) is 2. The van der Waals surface area contributed by atoms with Gasteiger partial charge in [0.1, 0.15) is 13.2 Å². The largest absolute Gasteiger partial charge is 0.486 e. The lowest BCUT2D eigenvalue weighted by Gasteiger charge is -2.18. The molecule has 4 rings (SSSR count). The van der Waals surface area contributed by atoms with Gasteiger partial charge in [-0.25, -0.2) is 0 Å². The SMILES string of the molecule is O=C(Nc1ccc2c(c1)OCCO2)c1nnc(-c2cccc(Cl)c2)o1. The van der Waals surface area contributed by atoms with E-state index in [0.717, 1.165) is 0 Å². The highest BCUT2D eigenvalue weighted by Gasteiger charge is 2.18. The highest BCUT2D eigenvalue weighted by Crippen LogP contribution is 2.32. The van der Waals surface area contributed by atoms with Crippen LogP contribution in [0, 0.1) is 0 Å². The molecular weight excluding hydrogens is 346 g/mol. The molecule has 0 fully saturated rings. The van der Waals surface area contributed by atoms with Crippen molar-refractivity contribution in [2.75, 3.05) is 18.5 Å². The molecule has 126 valence electrons. The van der Waals surface area contributed by atoms with Crippen LogP contribution in [0.5, 0.6) is 11.5 Å². The van der Waals surface area contributed by atoms with Crippen molar-refractivity contribution < 1.29 is 18.7 Å². The van der Waals surface area contributed by atoms with E-state index in [4.69, 9.17) is 25.5 Å². The number of carbonyl (C=O) groups is 1. The fourth-order valence-electron chi connectivity index (χ4n) is 2.36. The Hall–Kier alpha value is -3.06. The first kappa shape index (κ1) is 15.5. The minimum atomic E-state index is -0.516. The van der Waals surface area contributed by atoms with Gasteiger partial charge in [0.25, 0.3) is 0 Å². The van der Waals surface area contributed by atoms with Crippen LogP contribution in [-0.4, -0.2) is 29.3 Å². The first-order valence-corrected chi connectivity index (χ1v) is 7.87. The van der Waals surface area contributed by atoms with E-state index in [-0.39, 0.29) is 11.8 Å². The number of fused-ring (bicyclic) bond motifs is 1. The second kappa shape index (κ2) is 6.45. The Balaban J connectivity index is 1.52. The van der Waals surface area contributed by atoms with Gasteiger partial charge in [-0.05, 0) is 30.3 Å². The van der Waals surface area contributed by atoms with E-state index in [1.54, 1.807) is 42.5 Å². The van der Waals surface area contributed by atoms with Gasteiger partial charge >= 0.3 is 11.8 Å². The van der Waals surface area contributed by atoms with Crippen LogP contribution in [0.2, 0.25) is 5.02 Å². The maximum atomic E-state index is 12.3. The first-order chi connectivity index (χ1) is 12.2. The van der Waals surface area contributed by atoms with Gasteiger partial charge < -0.3 is 19.2 Å². The summed E-state index contributed by atoms with van der Waals surface area (Å²) in [6, 6.07) is 12.1. The van der Waals surface area contributed by atoms with E-state index in [2.05, 4.69) is 15.5 Å². The van der Waals surface area contributed by atoms with Crippen LogP contribution in [0.1, 0.15) is 10.7 Å². The molecule has 0 bridgehead atoms. The van der Waals surface area contributed by atoms with Crippen molar-refractivity contribution >= 4 is 23.2 Å². The summed E-state index contributed by atoms with van der Waals surface area (Å²) < 4.78 is 16.3. The van der Waals surface area contributed by atoms with Crippen molar-refractivity contribution in [3.63, 3.8) is 0 Å². The topological polar surface area (TPSA) is 86.5 Å². The highest BCUT2D eigenvalue weighted by atomic mass is 35.5. The number of hydrogen-bond donors (Lipinski definition) is 1. The van der Waals surface area contributed by atoms with Crippen molar-refractivity contribution in [1.82, 2.24) is 10.2 Å². The summed E-state index contributed by atoms with van der Waals surface area (Å²) in [6.07, 6.45) is 0. The number of aromatic nitrogens is 2. The zero-order chi connectivity index (χ0) is 17.2. The van der Waals surface area contributed by atoms with Gasteiger partial charge in [0.2, 0.25) is 5.89 Å². The van der Waals surface area contributed by atoms with E-state index in [9.17, 15) is 4.79 Å². The molecule has 8 heteroatoms. The number of nitrogens with one attached hydrogen (secondary N) is 1. The molecule has 1 amide bonds. The second-order valence-electron chi connectivity index (χ2n) is 5.24. The van der Waals surface area contributed by atoms with Crippen molar-refractivity contribution in [2.24, 2.45) is 0 Å². The summed E-state index contributed by atoms with van der Waals surface area (Å²) in [7, 11) is 0. The fraction of sp³-hybridized carbons (Fsp3) is 0.118. The van der Waals surface area contributed by atoms with Gasteiger partial charge in [0.15, 0.2) is 11.5 Å². The molecule has 0 saturated carbocycles. The lowest BCUT2D eigenvalue weighted by Crippen LogP contribution is -2.16. The summed E-state index contributed by atoms with van der Waals surface area (Å²) >= 11 is 5.94. The van der Waals surface area contributed by atoms with Gasteiger partial charge in [-0.3, -0.25) is 4.79 Å². The van der Waals surface area contributed by atoms with Gasteiger partial charge in [-0.1, -0.05) is 17.7 Å². The number of halogens is 1. The van der Waals surface area contributed by atoms with E-state index in [0.29, 0.717) is 41.0 Å². The quantitative estimate of drug-likeness (QED) is 0.773. The Labute approximate surface area is 147 Å². The number of hydrogen-bond acceptors (Lipinski definition) is 6. The summed E-state index contributed by atoms with van der Waals surface area (Å²) in [5.74, 6) is 0.775. The number of ether oxygens (including phenoxy) is 2. The number of anilines is 1. The van der Waals surface area contributed by atoms with Crippen LogP contribution in [0.3, 0.4) is 0 Å². The van der Waals surface area contributed by atoms with E-state index < -0.39 is 5.91 Å². The number of benzene rings is 2. The smallest absolute Gasteiger partial charge is 0.313 e. The molecular formula is C17H12ClN3O4. The molecule has 1 aliphatic heterocycles. The molecule has 25 heavy (non-hydrogen) atoms. The molecule has 3 aromatic rings. The highest BCUT2D eigenvalue weighted by molar-refractivity contribution is 6.30. The molecule has 0 spiro atoms. The standard InChI is InChI=1S/C17H12ClN3O4/c18-11-3-1-2-10(8-11)16-20-21-17(25-16)15(22)19-12-4-5-13-14(9-12)24-7-6-23-13/h1-5,8-9H,6-7H2,(H,19,22). The van der Waals surface area contributed by atoms with Crippen molar-refractivity contribution in [1.29, 1.82) is 0 Å². The molecule has 0 unspecified atom stereocenters. The third kappa shape index (κ3) is 3.27. The summed E-state index contributed by atoms with van der Waals surface area (Å²) in [6.45, 7) is 0.976. The molecule has 1 aliphatic rings. The monoisotopic (exact) mass is 357 g/mol. The van der Waals surface area contributed by atoms with E-state index >= 15 is 0 Å². The molecule has 7 nitrogen and oxygen atoms in total. The number of carbonyl (C=O) groups excluding carboxylic acids is 1. The third-order valence-corrected chi connectivity index (χ3v) is 3.73. The average Bonchev–Trinajstić information content (AvgIpc) is 3.12. The Bertz CT molecular complexity index is 941. The predicted molar refractivity (Wildman–Crippen MR) is 90.1 cm³/mol. The maximum Gasteiger partial charge on any atom is 0.313 e. The van der Waals surface area contributed by atoms with Gasteiger partial charge in [0, 0.05) is 22.3 Å². The molecule has 0 atom stereocenters. The minimum absolute atomic E-state index is 0.148. The molecule has 2 heterocycles. The van der Waals surface area contributed by atoms with E-state index in [1.165, 1.54) is 0 Å². The van der Waals surface area contributed by atoms with Gasteiger partial charge in [-0.15, -0.1) is 10.2 Å². The van der Waals surface area contributed by atoms with Crippen LogP contribution in [0.25, 0.3) is 11.5 Å². The minimum Gasteiger partial charge on any atom is -0.486 e. The van der Waals surface area contributed by atoms with Crippen LogP contribution in [-0.2, 0) is 0 Å². The molecule has 1 aromatic heterocycles. The van der Waals surface area contributed by atoms with Crippen molar-refractivity contribution in [3.05, 3.63) is 53.4 Å². The zero-order valence-electron chi connectivity index (χ0n) is 12.9. The molecule has 2 aromatic carbocycles. The Kier molecular flexibility index (Phi) is 3.99. The first-order valence-electron chi connectivity index (χ1n) is 7.49. The second-order valence-corrected chi connectivity index (χ2v) is 5.67. The Morgan fingerprint density at radius 2 is 1.88 bits per heavy atom. The van der Waals surface area contributed by atoms with E-state index in [1.807, 2.05) is 0 Å². The summed E-state index contributed by atoms with van der Waals surface area (Å²) in [5.41, 5.74) is 1.18. The lowest BCUT2D eigenvalue weighted by atomic mass is 10.2. The van der Waals surface area contributed by atoms with Crippen LogP contribution >= 0.6 is 11.6 Å². The Morgan fingerprint density at radius 3 is 2.72 bits per heavy atom. The Morgan fingerprint density at radius 1 is 1.04 bits per heavy atom. The maximum absolute atomic E-state index is 12.3. The molecule has 0 saturated heterocycles. The summed E-state index contributed by atoms with van der Waals surface area (Å²) in [4.78, 5) is 12.3. The average molecular weight is 358 g/mol. The predicted octanol–water partition coefficient (Wildman–Crippen LogP) is 3.41. The van der Waals surface area contributed by atoms with Crippen LogP contribution in [0.15, 0.2) is 46.9 Å². The zero-order valence-corrected chi connectivity index (χ0v) is 13.6. The number of rotatable bonds is 3. The lowest BCUT2D eigenvalue weighted by molar-refractivity contribution is 0.0990.